The molecule has 2 N–H and O–H groups in total. The monoisotopic (exact) mass is 382 g/mol. The summed E-state index contributed by atoms with van der Waals surface area (Å²) in [4.78, 5) is 12.2. The van der Waals surface area contributed by atoms with E-state index in [0.717, 1.165) is 11.6 Å². The van der Waals surface area contributed by atoms with Crippen molar-refractivity contribution in [1.82, 2.24) is 9.78 Å². The second-order valence-electron chi connectivity index (χ2n) is 5.81. The number of carbonyl (C=O) groups excluding carboxylic acids is 1. The number of nitriles is 1. The van der Waals surface area contributed by atoms with Crippen molar-refractivity contribution in [2.45, 2.75) is 46.0 Å². The summed E-state index contributed by atoms with van der Waals surface area (Å²) in [6.45, 7) is 6.84. The van der Waals surface area contributed by atoms with Gasteiger partial charge in [-0.15, -0.1) is 0 Å². The average molecular weight is 382 g/mol. The molecule has 1 aromatic heterocycles. The standard InChI is InChI=1S/C16H15F3N4O2.C2H6/c1-10-7-21-23(8-10)9-15(2,25)14(24)22-12-4-3-11(6-20)13(5-12)16(17,18)19;1-2/h3-5,7-8,25H,9H2,1-2H3,(H,22,24);1-2H3/t15-;/m0./s1. The minimum Gasteiger partial charge on any atom is -0.378 e. The van der Waals surface area contributed by atoms with Crippen LogP contribution in [0, 0.1) is 18.3 Å². The van der Waals surface area contributed by atoms with Crippen LogP contribution in [0.2, 0.25) is 0 Å². The summed E-state index contributed by atoms with van der Waals surface area (Å²) in [7, 11) is 0. The van der Waals surface area contributed by atoms with E-state index in [2.05, 4.69) is 10.4 Å². The topological polar surface area (TPSA) is 90.9 Å². The fourth-order valence-corrected chi connectivity index (χ4v) is 2.16. The van der Waals surface area contributed by atoms with E-state index < -0.39 is 28.8 Å². The van der Waals surface area contributed by atoms with Crippen LogP contribution in [0.15, 0.2) is 30.6 Å². The number of aromatic nitrogens is 2. The number of halogens is 3. The SMILES string of the molecule is CC.Cc1cnn(C[C@](C)(O)C(=O)Nc2ccc(C#N)c(C(F)(F)F)c2)c1. The highest BCUT2D eigenvalue weighted by Crippen LogP contribution is 2.33. The van der Waals surface area contributed by atoms with E-state index >= 15 is 0 Å². The van der Waals surface area contributed by atoms with Crippen molar-refractivity contribution in [1.29, 1.82) is 5.26 Å². The number of aliphatic hydroxyl groups is 1. The summed E-state index contributed by atoms with van der Waals surface area (Å²) in [5.41, 5.74) is -2.95. The third-order valence-corrected chi connectivity index (χ3v) is 3.42. The van der Waals surface area contributed by atoms with Crippen LogP contribution in [0.4, 0.5) is 18.9 Å². The molecule has 1 atom stereocenters. The second kappa shape index (κ2) is 8.68. The first-order valence-electron chi connectivity index (χ1n) is 8.17. The van der Waals surface area contributed by atoms with Gasteiger partial charge in [-0.05, 0) is 37.6 Å². The van der Waals surface area contributed by atoms with Gasteiger partial charge in [-0.25, -0.2) is 0 Å². The van der Waals surface area contributed by atoms with Crippen molar-refractivity contribution in [3.05, 3.63) is 47.3 Å². The van der Waals surface area contributed by atoms with Crippen molar-refractivity contribution in [3.8, 4) is 6.07 Å². The van der Waals surface area contributed by atoms with Crippen LogP contribution in [0.25, 0.3) is 0 Å². The molecule has 0 saturated heterocycles. The molecule has 2 rings (SSSR count). The normalized spacial score (nSPS) is 13.0. The molecule has 0 aliphatic heterocycles. The third kappa shape index (κ3) is 5.82. The molecule has 0 aliphatic rings. The molecule has 0 fully saturated rings. The van der Waals surface area contributed by atoms with Crippen LogP contribution < -0.4 is 5.32 Å². The zero-order valence-corrected chi connectivity index (χ0v) is 15.4. The Labute approximate surface area is 155 Å². The van der Waals surface area contributed by atoms with Gasteiger partial charge in [0.15, 0.2) is 5.60 Å². The first kappa shape index (κ1) is 22.2. The Hall–Kier alpha value is -2.86. The highest BCUT2D eigenvalue weighted by Gasteiger charge is 2.35. The maximum absolute atomic E-state index is 13.0. The molecule has 0 aliphatic carbocycles. The van der Waals surface area contributed by atoms with Gasteiger partial charge in [-0.1, -0.05) is 13.8 Å². The van der Waals surface area contributed by atoms with E-state index in [1.165, 1.54) is 23.7 Å². The molecule has 1 heterocycles. The molecule has 0 bridgehead atoms. The lowest BCUT2D eigenvalue weighted by molar-refractivity contribution is -0.138. The van der Waals surface area contributed by atoms with Gasteiger partial charge < -0.3 is 10.4 Å². The van der Waals surface area contributed by atoms with E-state index in [1.54, 1.807) is 19.3 Å². The Kier molecular flexibility index (Phi) is 7.13. The molecular formula is C18H21F3N4O2. The molecule has 146 valence electrons. The summed E-state index contributed by atoms with van der Waals surface area (Å²) in [5, 5.41) is 25.2. The summed E-state index contributed by atoms with van der Waals surface area (Å²) in [6.07, 6.45) is -1.57. The lowest BCUT2D eigenvalue weighted by atomic mass is 10.0. The lowest BCUT2D eigenvalue weighted by Gasteiger charge is -2.22. The Balaban J connectivity index is 0.00000176. The Morgan fingerprint density at radius 1 is 1.37 bits per heavy atom. The minimum atomic E-state index is -4.74. The van der Waals surface area contributed by atoms with Gasteiger partial charge in [0, 0.05) is 11.9 Å². The molecule has 0 saturated carbocycles. The predicted octanol–water partition coefficient (Wildman–Crippen LogP) is 3.50. The Bertz CT molecular complexity index is 836. The third-order valence-electron chi connectivity index (χ3n) is 3.42. The van der Waals surface area contributed by atoms with Gasteiger partial charge in [-0.2, -0.15) is 23.5 Å². The van der Waals surface area contributed by atoms with Crippen molar-refractivity contribution >= 4 is 11.6 Å². The van der Waals surface area contributed by atoms with Crippen LogP contribution in [-0.2, 0) is 17.5 Å². The lowest BCUT2D eigenvalue weighted by Crippen LogP contribution is -2.43. The van der Waals surface area contributed by atoms with Crippen LogP contribution in [0.1, 0.15) is 37.5 Å². The molecule has 2 aromatic rings. The number of amides is 1. The van der Waals surface area contributed by atoms with Gasteiger partial charge in [-0.3, -0.25) is 9.48 Å². The van der Waals surface area contributed by atoms with E-state index in [1.807, 2.05) is 13.8 Å². The van der Waals surface area contributed by atoms with Crippen molar-refractivity contribution in [2.75, 3.05) is 5.32 Å². The number of hydrogen-bond acceptors (Lipinski definition) is 4. The molecular weight excluding hydrogens is 361 g/mol. The first-order chi connectivity index (χ1) is 12.5. The molecule has 1 amide bonds. The average Bonchev–Trinajstić information content (AvgIpc) is 3.00. The molecule has 0 spiro atoms. The van der Waals surface area contributed by atoms with Crippen molar-refractivity contribution < 1.29 is 23.1 Å². The zero-order valence-electron chi connectivity index (χ0n) is 15.4. The number of benzene rings is 1. The zero-order chi connectivity index (χ0) is 20.8. The van der Waals surface area contributed by atoms with Gasteiger partial charge in [0.25, 0.3) is 5.91 Å². The van der Waals surface area contributed by atoms with Gasteiger partial charge in [0.05, 0.1) is 29.9 Å². The number of hydrogen-bond donors (Lipinski definition) is 2. The van der Waals surface area contributed by atoms with Crippen LogP contribution in [0.3, 0.4) is 0 Å². The largest absolute Gasteiger partial charge is 0.417 e. The van der Waals surface area contributed by atoms with Gasteiger partial charge >= 0.3 is 6.18 Å². The summed E-state index contributed by atoms with van der Waals surface area (Å²) in [6, 6.07) is 4.24. The smallest absolute Gasteiger partial charge is 0.378 e. The fraction of sp³-hybridized carbons (Fsp3) is 0.389. The predicted molar refractivity (Wildman–Crippen MR) is 93.7 cm³/mol. The van der Waals surface area contributed by atoms with Crippen LogP contribution >= 0.6 is 0 Å². The molecule has 0 unspecified atom stereocenters. The summed E-state index contributed by atoms with van der Waals surface area (Å²) in [5.74, 6) is -0.890. The highest BCUT2D eigenvalue weighted by molar-refractivity contribution is 5.96. The number of nitrogens with zero attached hydrogens (tertiary/aromatic N) is 3. The van der Waals surface area contributed by atoms with E-state index in [4.69, 9.17) is 5.26 Å². The highest BCUT2D eigenvalue weighted by atomic mass is 19.4. The second-order valence-corrected chi connectivity index (χ2v) is 5.81. The number of nitrogens with one attached hydrogen (secondary N) is 1. The molecule has 6 nitrogen and oxygen atoms in total. The number of rotatable bonds is 4. The molecule has 1 aromatic carbocycles. The van der Waals surface area contributed by atoms with Crippen molar-refractivity contribution in [2.24, 2.45) is 0 Å². The number of alkyl halides is 3. The summed E-state index contributed by atoms with van der Waals surface area (Å²) >= 11 is 0. The Morgan fingerprint density at radius 3 is 2.48 bits per heavy atom. The van der Waals surface area contributed by atoms with Gasteiger partial charge in [0.1, 0.15) is 0 Å². The van der Waals surface area contributed by atoms with E-state index in [9.17, 15) is 23.1 Å². The van der Waals surface area contributed by atoms with Crippen molar-refractivity contribution in [3.63, 3.8) is 0 Å². The number of aryl methyl sites for hydroxylation is 1. The Morgan fingerprint density at radius 2 is 2.00 bits per heavy atom. The van der Waals surface area contributed by atoms with Crippen LogP contribution in [-0.4, -0.2) is 26.4 Å². The summed E-state index contributed by atoms with van der Waals surface area (Å²) < 4.78 is 40.2. The quantitative estimate of drug-likeness (QED) is 0.847. The number of carbonyl (C=O) groups is 1. The molecule has 0 radical (unpaired) electrons. The van der Waals surface area contributed by atoms with Gasteiger partial charge in [0.2, 0.25) is 0 Å². The minimum absolute atomic E-state index is 0.172. The van der Waals surface area contributed by atoms with E-state index in [-0.39, 0.29) is 12.2 Å². The first-order valence-corrected chi connectivity index (χ1v) is 8.17. The maximum Gasteiger partial charge on any atom is 0.417 e. The van der Waals surface area contributed by atoms with Crippen LogP contribution in [0.5, 0.6) is 0 Å². The maximum atomic E-state index is 13.0. The fourth-order valence-electron chi connectivity index (χ4n) is 2.16. The molecule has 27 heavy (non-hydrogen) atoms. The molecule has 9 heteroatoms. The number of anilines is 1. The van der Waals surface area contributed by atoms with E-state index in [0.29, 0.717) is 6.07 Å².